The lowest BCUT2D eigenvalue weighted by Gasteiger charge is -2.06. The highest BCUT2D eigenvalue weighted by Crippen LogP contribution is 2.28. The molecule has 4 nitrogen and oxygen atoms in total. The van der Waals surface area contributed by atoms with E-state index in [9.17, 15) is 4.79 Å². The number of nitrogens with one attached hydrogen (secondary N) is 1. The van der Waals surface area contributed by atoms with Crippen LogP contribution in [0.25, 0.3) is 0 Å². The quantitative estimate of drug-likeness (QED) is 0.730. The van der Waals surface area contributed by atoms with Gasteiger partial charge in [0.2, 0.25) is 0 Å². The highest BCUT2D eigenvalue weighted by molar-refractivity contribution is 7.99. The molecule has 0 aromatic heterocycles. The number of rotatable bonds is 1. The minimum absolute atomic E-state index is 0.623. The Hall–Kier alpha value is -1.49. The molecule has 0 radical (unpaired) electrons. The second kappa shape index (κ2) is 5.03. The Morgan fingerprint density at radius 1 is 1.44 bits per heavy atom. The molecule has 3 N–H and O–H groups in total. The molecule has 16 heavy (non-hydrogen) atoms. The van der Waals surface area contributed by atoms with Crippen LogP contribution in [0.15, 0.2) is 34.3 Å². The summed E-state index contributed by atoms with van der Waals surface area (Å²) in [5, 5.41) is 4.06. The zero-order chi connectivity index (χ0) is 11.4. The summed E-state index contributed by atoms with van der Waals surface area (Å²) < 4.78 is 0. The standard InChI is InChI=1S/C11H13N3OS/c12-11(15)14-13-9-5-3-7-16-10-6-2-1-4-8(9)10/h1-2,4,6H,3,5,7H2,(H3,12,14,15). The van der Waals surface area contributed by atoms with E-state index in [0.717, 1.165) is 29.9 Å². The van der Waals surface area contributed by atoms with E-state index in [-0.39, 0.29) is 0 Å². The largest absolute Gasteiger partial charge is 0.350 e. The molecule has 84 valence electrons. The normalized spacial score (nSPS) is 17.6. The predicted octanol–water partition coefficient (Wildman–Crippen LogP) is 1.94. The van der Waals surface area contributed by atoms with Gasteiger partial charge in [0, 0.05) is 10.5 Å². The number of benzene rings is 1. The molecule has 1 heterocycles. The van der Waals surface area contributed by atoms with Crippen LogP contribution in [0.4, 0.5) is 4.79 Å². The fraction of sp³-hybridized carbons (Fsp3) is 0.273. The summed E-state index contributed by atoms with van der Waals surface area (Å²) in [4.78, 5) is 11.9. The van der Waals surface area contributed by atoms with Gasteiger partial charge in [-0.25, -0.2) is 10.2 Å². The van der Waals surface area contributed by atoms with E-state index in [2.05, 4.69) is 16.6 Å². The zero-order valence-corrected chi connectivity index (χ0v) is 9.59. The summed E-state index contributed by atoms with van der Waals surface area (Å²) in [5.41, 5.74) is 9.31. The van der Waals surface area contributed by atoms with Gasteiger partial charge in [-0.2, -0.15) is 5.10 Å². The Kier molecular flexibility index (Phi) is 3.46. The molecule has 5 heteroatoms. The van der Waals surface area contributed by atoms with Gasteiger partial charge in [-0.05, 0) is 24.7 Å². The van der Waals surface area contributed by atoms with Crippen LogP contribution in [0.5, 0.6) is 0 Å². The predicted molar refractivity (Wildman–Crippen MR) is 65.7 cm³/mol. The Morgan fingerprint density at radius 2 is 2.25 bits per heavy atom. The van der Waals surface area contributed by atoms with Crippen molar-refractivity contribution in [2.45, 2.75) is 17.7 Å². The molecule has 0 bridgehead atoms. The van der Waals surface area contributed by atoms with Gasteiger partial charge in [0.15, 0.2) is 0 Å². The number of carbonyl (C=O) groups excluding carboxylic acids is 1. The Morgan fingerprint density at radius 3 is 3.06 bits per heavy atom. The van der Waals surface area contributed by atoms with Gasteiger partial charge in [-0.3, -0.25) is 0 Å². The van der Waals surface area contributed by atoms with E-state index in [1.807, 2.05) is 30.0 Å². The van der Waals surface area contributed by atoms with Crippen molar-refractivity contribution in [1.82, 2.24) is 5.43 Å². The summed E-state index contributed by atoms with van der Waals surface area (Å²) >= 11 is 1.82. The van der Waals surface area contributed by atoms with Gasteiger partial charge < -0.3 is 5.73 Å². The second-order valence-corrected chi connectivity index (χ2v) is 4.62. The maximum atomic E-state index is 10.6. The Bertz CT molecular complexity index is 431. The van der Waals surface area contributed by atoms with Crippen molar-refractivity contribution >= 4 is 23.5 Å². The number of amides is 2. The topological polar surface area (TPSA) is 67.5 Å². The molecule has 2 rings (SSSR count). The van der Waals surface area contributed by atoms with Crippen LogP contribution < -0.4 is 11.2 Å². The Labute approximate surface area is 98.3 Å². The molecule has 0 aliphatic carbocycles. The van der Waals surface area contributed by atoms with Gasteiger partial charge in [0.25, 0.3) is 0 Å². The maximum Gasteiger partial charge on any atom is 0.332 e. The Balaban J connectivity index is 2.32. The highest BCUT2D eigenvalue weighted by atomic mass is 32.2. The van der Waals surface area contributed by atoms with Gasteiger partial charge >= 0.3 is 6.03 Å². The second-order valence-electron chi connectivity index (χ2n) is 3.48. The fourth-order valence-electron chi connectivity index (χ4n) is 1.63. The SMILES string of the molecule is NC(=O)NN=C1CCCSc2ccccc21. The van der Waals surface area contributed by atoms with Crippen LogP contribution in [-0.4, -0.2) is 17.5 Å². The van der Waals surface area contributed by atoms with Crippen LogP contribution >= 0.6 is 11.8 Å². The third-order valence-corrected chi connectivity index (χ3v) is 3.47. The first-order chi connectivity index (χ1) is 7.77. The van der Waals surface area contributed by atoms with Crippen LogP contribution in [0, 0.1) is 0 Å². The minimum Gasteiger partial charge on any atom is -0.350 e. The van der Waals surface area contributed by atoms with Crippen LogP contribution in [0.2, 0.25) is 0 Å². The molecule has 1 aromatic carbocycles. The molecule has 0 saturated heterocycles. The number of nitrogens with two attached hydrogens (primary N) is 1. The van der Waals surface area contributed by atoms with E-state index < -0.39 is 6.03 Å². The van der Waals surface area contributed by atoms with E-state index in [1.165, 1.54) is 4.90 Å². The summed E-state index contributed by atoms with van der Waals surface area (Å²) in [6.45, 7) is 0. The third-order valence-electron chi connectivity index (χ3n) is 2.31. The molecular formula is C11H13N3OS. The zero-order valence-electron chi connectivity index (χ0n) is 8.77. The van der Waals surface area contributed by atoms with Crippen molar-refractivity contribution in [1.29, 1.82) is 0 Å². The third kappa shape index (κ3) is 2.55. The van der Waals surface area contributed by atoms with Gasteiger partial charge in [0.05, 0.1) is 5.71 Å². The number of fused-ring (bicyclic) bond motifs is 1. The first kappa shape index (κ1) is 11.0. The summed E-state index contributed by atoms with van der Waals surface area (Å²) in [6, 6.07) is 7.46. The molecule has 2 amide bonds. The minimum atomic E-state index is -0.623. The maximum absolute atomic E-state index is 10.6. The van der Waals surface area contributed by atoms with E-state index in [1.54, 1.807) is 0 Å². The smallest absolute Gasteiger partial charge is 0.332 e. The van der Waals surface area contributed by atoms with Crippen molar-refractivity contribution in [3.63, 3.8) is 0 Å². The van der Waals surface area contributed by atoms with E-state index >= 15 is 0 Å². The lowest BCUT2D eigenvalue weighted by Crippen LogP contribution is -2.26. The summed E-state index contributed by atoms with van der Waals surface area (Å²) in [7, 11) is 0. The van der Waals surface area contributed by atoms with E-state index in [0.29, 0.717) is 0 Å². The van der Waals surface area contributed by atoms with Gasteiger partial charge in [-0.1, -0.05) is 18.2 Å². The first-order valence-electron chi connectivity index (χ1n) is 5.11. The van der Waals surface area contributed by atoms with Gasteiger partial charge in [0.1, 0.15) is 0 Å². The van der Waals surface area contributed by atoms with Crippen molar-refractivity contribution in [3.8, 4) is 0 Å². The van der Waals surface area contributed by atoms with Crippen LogP contribution in [0.3, 0.4) is 0 Å². The van der Waals surface area contributed by atoms with Crippen molar-refractivity contribution < 1.29 is 4.79 Å². The van der Waals surface area contributed by atoms with Crippen LogP contribution in [-0.2, 0) is 0 Å². The summed E-state index contributed by atoms with van der Waals surface area (Å²) in [6.07, 6.45) is 1.92. The van der Waals surface area contributed by atoms with Gasteiger partial charge in [-0.15, -0.1) is 11.8 Å². The number of urea groups is 1. The van der Waals surface area contributed by atoms with Crippen molar-refractivity contribution in [3.05, 3.63) is 29.8 Å². The number of hydrogen-bond donors (Lipinski definition) is 2. The number of primary amides is 1. The first-order valence-corrected chi connectivity index (χ1v) is 6.10. The molecule has 0 atom stereocenters. The number of nitrogens with zero attached hydrogens (tertiary/aromatic N) is 1. The average Bonchev–Trinajstić information content (AvgIpc) is 2.48. The molecule has 0 fully saturated rings. The fourth-order valence-corrected chi connectivity index (χ4v) is 2.65. The number of hydrogen-bond acceptors (Lipinski definition) is 3. The summed E-state index contributed by atoms with van der Waals surface area (Å²) in [5.74, 6) is 1.08. The van der Waals surface area contributed by atoms with Crippen LogP contribution in [0.1, 0.15) is 18.4 Å². The molecule has 0 saturated carbocycles. The monoisotopic (exact) mass is 235 g/mol. The van der Waals surface area contributed by atoms with E-state index in [4.69, 9.17) is 5.73 Å². The molecular weight excluding hydrogens is 222 g/mol. The molecule has 1 aliphatic rings. The number of thioether (sulfide) groups is 1. The number of carbonyl (C=O) groups is 1. The lowest BCUT2D eigenvalue weighted by atomic mass is 10.1. The van der Waals surface area contributed by atoms with Crippen molar-refractivity contribution in [2.75, 3.05) is 5.75 Å². The molecule has 1 aliphatic heterocycles. The number of hydrazone groups is 1. The molecule has 1 aromatic rings. The molecule has 0 unspecified atom stereocenters. The highest BCUT2D eigenvalue weighted by Gasteiger charge is 2.13. The lowest BCUT2D eigenvalue weighted by molar-refractivity contribution is 0.249. The molecule has 0 spiro atoms. The van der Waals surface area contributed by atoms with Crippen molar-refractivity contribution in [2.24, 2.45) is 10.8 Å². The average molecular weight is 235 g/mol.